The summed E-state index contributed by atoms with van der Waals surface area (Å²) in [6, 6.07) is 5.75. The maximum absolute atomic E-state index is 12.7. The van der Waals surface area contributed by atoms with Crippen molar-refractivity contribution in [3.63, 3.8) is 0 Å². The molecule has 110 valence electrons. The van der Waals surface area contributed by atoms with Crippen molar-refractivity contribution in [1.29, 1.82) is 0 Å². The molecule has 1 rings (SSSR count). The number of nitrogens with zero attached hydrogens (tertiary/aromatic N) is 1. The van der Waals surface area contributed by atoms with Crippen molar-refractivity contribution in [2.45, 2.75) is 20.3 Å². The van der Waals surface area contributed by atoms with Crippen molar-refractivity contribution in [3.8, 4) is 0 Å². The Bertz CT molecular complexity index is 508. The van der Waals surface area contributed by atoms with Gasteiger partial charge in [0.1, 0.15) is 0 Å². The molecule has 1 aromatic carbocycles. The van der Waals surface area contributed by atoms with Crippen LogP contribution in [0, 0.1) is 9.49 Å². The van der Waals surface area contributed by atoms with Crippen LogP contribution in [0.2, 0.25) is 0 Å². The van der Waals surface area contributed by atoms with Gasteiger partial charge >= 0.3 is 0 Å². The minimum atomic E-state index is 0.0142. The number of rotatable bonds is 6. The first-order chi connectivity index (χ1) is 9.31. The summed E-state index contributed by atoms with van der Waals surface area (Å²) in [4.78, 5) is 14.9. The van der Waals surface area contributed by atoms with Gasteiger partial charge in [-0.05, 0) is 62.6 Å². The van der Waals surface area contributed by atoms with Crippen molar-refractivity contribution < 1.29 is 4.79 Å². The third-order valence-corrected chi connectivity index (χ3v) is 4.23. The Hall–Kier alpha value is -0.210. The predicted molar refractivity (Wildman–Crippen MR) is 99.0 cm³/mol. The van der Waals surface area contributed by atoms with E-state index in [0.717, 1.165) is 8.04 Å². The fourth-order valence-electron chi connectivity index (χ4n) is 1.79. The smallest absolute Gasteiger partial charge is 0.255 e. The molecule has 1 aromatic rings. The molecule has 0 aromatic heterocycles. The Labute approximate surface area is 147 Å². The summed E-state index contributed by atoms with van der Waals surface area (Å²) in [6.45, 7) is 5.43. The molecule has 0 aliphatic rings. The van der Waals surface area contributed by atoms with Crippen molar-refractivity contribution in [2.24, 2.45) is 11.7 Å². The van der Waals surface area contributed by atoms with Crippen LogP contribution in [0.15, 0.2) is 22.7 Å². The largest absolute Gasteiger partial charge is 0.393 e. The average Bonchev–Trinajstić information content (AvgIpc) is 2.36. The number of carbonyl (C=O) groups excluding carboxylic acids is 1. The minimum absolute atomic E-state index is 0.0142. The molecule has 0 bridgehead atoms. The van der Waals surface area contributed by atoms with Gasteiger partial charge in [0.2, 0.25) is 0 Å². The average molecular weight is 469 g/mol. The molecule has 0 fully saturated rings. The fourth-order valence-corrected chi connectivity index (χ4v) is 2.79. The minimum Gasteiger partial charge on any atom is -0.393 e. The van der Waals surface area contributed by atoms with Gasteiger partial charge in [-0.15, -0.1) is 0 Å². The highest BCUT2D eigenvalue weighted by molar-refractivity contribution is 14.1. The molecule has 1 amide bonds. The summed E-state index contributed by atoms with van der Waals surface area (Å²) in [5, 5.41) is 0. The van der Waals surface area contributed by atoms with Crippen LogP contribution in [0.4, 0.5) is 0 Å². The van der Waals surface area contributed by atoms with E-state index in [-0.39, 0.29) is 5.91 Å². The van der Waals surface area contributed by atoms with Crippen molar-refractivity contribution in [2.75, 3.05) is 13.1 Å². The Morgan fingerprint density at radius 1 is 1.50 bits per heavy atom. The first-order valence-electron chi connectivity index (χ1n) is 6.34. The van der Waals surface area contributed by atoms with Gasteiger partial charge in [-0.3, -0.25) is 4.79 Å². The van der Waals surface area contributed by atoms with Crippen LogP contribution in [-0.2, 0) is 0 Å². The van der Waals surface area contributed by atoms with Crippen LogP contribution in [0.3, 0.4) is 0 Å². The van der Waals surface area contributed by atoms with E-state index in [1.165, 1.54) is 0 Å². The predicted octanol–water partition coefficient (Wildman–Crippen LogP) is 3.83. The highest BCUT2D eigenvalue weighted by Crippen LogP contribution is 2.21. The van der Waals surface area contributed by atoms with E-state index in [4.69, 9.17) is 18.0 Å². The van der Waals surface area contributed by atoms with E-state index in [0.29, 0.717) is 36.0 Å². The van der Waals surface area contributed by atoms with Crippen molar-refractivity contribution in [3.05, 3.63) is 31.8 Å². The number of benzene rings is 1. The standard InChI is InChI=1S/C14H18BrIN2OS/c1-9(2)8-18(6-5-13(17)20)14(19)11-7-10(16)3-4-12(11)15/h3-4,7,9H,5-6,8H2,1-2H3,(H2,17,20). The molecule has 20 heavy (non-hydrogen) atoms. The van der Waals surface area contributed by atoms with Gasteiger partial charge in [0.25, 0.3) is 5.91 Å². The SMILES string of the molecule is CC(C)CN(CCC(N)=S)C(=O)c1cc(I)ccc1Br. The number of hydrogen-bond acceptors (Lipinski definition) is 2. The summed E-state index contributed by atoms with van der Waals surface area (Å²) in [5.74, 6) is 0.409. The fraction of sp³-hybridized carbons (Fsp3) is 0.429. The molecular weight excluding hydrogens is 451 g/mol. The van der Waals surface area contributed by atoms with Gasteiger partial charge in [-0.1, -0.05) is 26.1 Å². The van der Waals surface area contributed by atoms with E-state index >= 15 is 0 Å². The quantitative estimate of drug-likeness (QED) is 0.509. The molecular formula is C14H18BrIN2OS. The normalized spacial score (nSPS) is 10.7. The van der Waals surface area contributed by atoms with Crippen LogP contribution in [0.1, 0.15) is 30.6 Å². The Balaban J connectivity index is 2.96. The lowest BCUT2D eigenvalue weighted by Crippen LogP contribution is -2.36. The van der Waals surface area contributed by atoms with Crippen LogP contribution >= 0.6 is 50.7 Å². The second-order valence-electron chi connectivity index (χ2n) is 4.99. The zero-order valence-electron chi connectivity index (χ0n) is 11.5. The van der Waals surface area contributed by atoms with Gasteiger partial charge in [-0.25, -0.2) is 0 Å². The molecule has 6 heteroatoms. The van der Waals surface area contributed by atoms with Gasteiger partial charge < -0.3 is 10.6 Å². The van der Waals surface area contributed by atoms with Crippen LogP contribution in [0.25, 0.3) is 0 Å². The molecule has 0 saturated carbocycles. The number of amides is 1. The molecule has 0 saturated heterocycles. The molecule has 0 atom stereocenters. The lowest BCUT2D eigenvalue weighted by atomic mass is 10.1. The molecule has 0 aliphatic heterocycles. The third-order valence-electron chi connectivity index (χ3n) is 2.66. The highest BCUT2D eigenvalue weighted by atomic mass is 127. The van der Waals surface area contributed by atoms with Gasteiger partial charge in [-0.2, -0.15) is 0 Å². The number of halogens is 2. The molecule has 0 spiro atoms. The summed E-state index contributed by atoms with van der Waals surface area (Å²) in [6.07, 6.45) is 0.551. The van der Waals surface area contributed by atoms with Gasteiger partial charge in [0.05, 0.1) is 10.6 Å². The monoisotopic (exact) mass is 468 g/mol. The zero-order valence-corrected chi connectivity index (χ0v) is 16.1. The number of thiocarbonyl (C=S) groups is 1. The zero-order chi connectivity index (χ0) is 15.3. The van der Waals surface area contributed by atoms with Crippen LogP contribution in [0.5, 0.6) is 0 Å². The third kappa shape index (κ3) is 5.65. The van der Waals surface area contributed by atoms with Crippen LogP contribution < -0.4 is 5.73 Å². The van der Waals surface area contributed by atoms with E-state index in [1.54, 1.807) is 0 Å². The van der Waals surface area contributed by atoms with Crippen molar-refractivity contribution >= 4 is 61.6 Å². The Morgan fingerprint density at radius 2 is 2.15 bits per heavy atom. The molecule has 0 radical (unpaired) electrons. The summed E-state index contributed by atoms with van der Waals surface area (Å²) >= 11 is 10.6. The van der Waals surface area contributed by atoms with Crippen LogP contribution in [-0.4, -0.2) is 28.9 Å². The Morgan fingerprint density at radius 3 is 2.70 bits per heavy atom. The number of nitrogens with two attached hydrogens (primary N) is 1. The Kier molecular flexibility index (Phi) is 7.39. The maximum atomic E-state index is 12.7. The summed E-state index contributed by atoms with van der Waals surface area (Å²) < 4.78 is 1.85. The highest BCUT2D eigenvalue weighted by Gasteiger charge is 2.19. The van der Waals surface area contributed by atoms with E-state index < -0.39 is 0 Å². The van der Waals surface area contributed by atoms with E-state index in [9.17, 15) is 4.79 Å². The number of carbonyl (C=O) groups is 1. The molecule has 2 N–H and O–H groups in total. The lowest BCUT2D eigenvalue weighted by Gasteiger charge is -2.25. The second-order valence-corrected chi connectivity index (χ2v) is 7.61. The van der Waals surface area contributed by atoms with E-state index in [2.05, 4.69) is 52.4 Å². The first kappa shape index (κ1) is 17.8. The molecule has 0 heterocycles. The summed E-state index contributed by atoms with van der Waals surface area (Å²) in [7, 11) is 0. The second kappa shape index (κ2) is 8.29. The number of hydrogen-bond donors (Lipinski definition) is 1. The summed E-state index contributed by atoms with van der Waals surface area (Å²) in [5.41, 5.74) is 6.23. The maximum Gasteiger partial charge on any atom is 0.255 e. The molecule has 3 nitrogen and oxygen atoms in total. The molecule has 0 aliphatic carbocycles. The van der Waals surface area contributed by atoms with Gasteiger partial charge in [0.15, 0.2) is 0 Å². The lowest BCUT2D eigenvalue weighted by molar-refractivity contribution is 0.0740. The van der Waals surface area contributed by atoms with E-state index in [1.807, 2.05) is 23.1 Å². The topological polar surface area (TPSA) is 46.3 Å². The van der Waals surface area contributed by atoms with Crippen molar-refractivity contribution in [1.82, 2.24) is 4.90 Å². The first-order valence-corrected chi connectivity index (χ1v) is 8.62. The van der Waals surface area contributed by atoms with Gasteiger partial charge in [0, 0.05) is 27.6 Å². The molecule has 0 unspecified atom stereocenters.